The van der Waals surface area contributed by atoms with Crippen LogP contribution in [0.1, 0.15) is 0 Å². The van der Waals surface area contributed by atoms with Gasteiger partial charge in [-0.15, -0.1) is 11.8 Å². The van der Waals surface area contributed by atoms with E-state index in [1.165, 1.54) is 11.8 Å². The fraction of sp³-hybridized carbons (Fsp3) is 0.375. The summed E-state index contributed by atoms with van der Waals surface area (Å²) < 4.78 is 30.5. The molecular formula is C16H19ClN4O3S2. The molecule has 10 heteroatoms. The van der Waals surface area contributed by atoms with Crippen molar-refractivity contribution in [3.8, 4) is 11.4 Å². The summed E-state index contributed by atoms with van der Waals surface area (Å²) in [4.78, 5) is 12.1. The number of rotatable bonds is 5. The number of halogens is 1. The van der Waals surface area contributed by atoms with Crippen LogP contribution in [0.3, 0.4) is 0 Å². The second kappa shape index (κ2) is 7.99. The first-order chi connectivity index (χ1) is 12.4. The van der Waals surface area contributed by atoms with Crippen molar-refractivity contribution in [3.05, 3.63) is 29.4 Å². The average Bonchev–Trinajstić information content (AvgIpc) is 2.61. The van der Waals surface area contributed by atoms with Crippen molar-refractivity contribution in [2.45, 2.75) is 4.90 Å². The first-order valence-corrected chi connectivity index (χ1v) is 11.4. The van der Waals surface area contributed by atoms with Crippen LogP contribution in [0.5, 0.6) is 0 Å². The van der Waals surface area contributed by atoms with E-state index >= 15 is 0 Å². The van der Waals surface area contributed by atoms with Crippen LogP contribution in [0.4, 0.5) is 11.5 Å². The largest absolute Gasteiger partial charge is 0.378 e. The lowest BCUT2D eigenvalue weighted by atomic mass is 10.2. The Balaban J connectivity index is 1.96. The molecule has 3 rings (SSSR count). The summed E-state index contributed by atoms with van der Waals surface area (Å²) in [6.07, 6.45) is 3.05. The molecule has 0 saturated carbocycles. The fourth-order valence-electron chi connectivity index (χ4n) is 2.61. The molecule has 0 atom stereocenters. The fourth-order valence-corrected chi connectivity index (χ4v) is 4.14. The zero-order valence-electron chi connectivity index (χ0n) is 14.4. The molecule has 0 aliphatic carbocycles. The zero-order valence-corrected chi connectivity index (χ0v) is 16.8. The normalized spacial score (nSPS) is 15.1. The van der Waals surface area contributed by atoms with Gasteiger partial charge in [-0.3, -0.25) is 4.72 Å². The van der Waals surface area contributed by atoms with Gasteiger partial charge in [0.25, 0.3) is 0 Å². The number of thioether (sulfide) groups is 1. The highest BCUT2D eigenvalue weighted by molar-refractivity contribution is 7.98. The van der Waals surface area contributed by atoms with Gasteiger partial charge in [-0.05, 0) is 30.5 Å². The number of ether oxygens (including phenoxy) is 1. The number of anilines is 2. The lowest BCUT2D eigenvalue weighted by Gasteiger charge is -2.29. The van der Waals surface area contributed by atoms with E-state index < -0.39 is 10.0 Å². The molecule has 2 aromatic rings. The van der Waals surface area contributed by atoms with E-state index in [4.69, 9.17) is 21.3 Å². The van der Waals surface area contributed by atoms with E-state index in [2.05, 4.69) is 14.6 Å². The lowest BCUT2D eigenvalue weighted by molar-refractivity contribution is 0.122. The minimum Gasteiger partial charge on any atom is -0.378 e. The number of hydrogen-bond donors (Lipinski definition) is 1. The van der Waals surface area contributed by atoms with Gasteiger partial charge in [-0.25, -0.2) is 18.4 Å². The van der Waals surface area contributed by atoms with Crippen LogP contribution in [-0.2, 0) is 14.8 Å². The SMILES string of the molecule is CSc1c(Cl)nc(-c2ccc(NS(C)(=O)=O)cc2)nc1N1CCOCC1. The smallest absolute Gasteiger partial charge is 0.229 e. The Morgan fingerprint density at radius 2 is 1.85 bits per heavy atom. The number of nitrogens with one attached hydrogen (secondary N) is 1. The third kappa shape index (κ3) is 4.59. The second-order valence-electron chi connectivity index (χ2n) is 5.75. The van der Waals surface area contributed by atoms with Crippen LogP contribution in [-0.4, -0.2) is 57.2 Å². The van der Waals surface area contributed by atoms with Gasteiger partial charge in [0, 0.05) is 24.3 Å². The van der Waals surface area contributed by atoms with Crippen molar-refractivity contribution in [2.24, 2.45) is 0 Å². The van der Waals surface area contributed by atoms with Crippen molar-refractivity contribution in [2.75, 3.05) is 48.4 Å². The molecule has 1 aliphatic heterocycles. The molecule has 0 spiro atoms. The first kappa shape index (κ1) is 19.2. The predicted octanol–water partition coefficient (Wildman–Crippen LogP) is 2.73. The van der Waals surface area contributed by atoms with Crippen molar-refractivity contribution < 1.29 is 13.2 Å². The van der Waals surface area contributed by atoms with E-state index in [-0.39, 0.29) is 0 Å². The lowest BCUT2D eigenvalue weighted by Crippen LogP contribution is -2.37. The maximum absolute atomic E-state index is 11.3. The highest BCUT2D eigenvalue weighted by Crippen LogP contribution is 2.35. The first-order valence-electron chi connectivity index (χ1n) is 7.90. The van der Waals surface area contributed by atoms with Crippen LogP contribution in [0.25, 0.3) is 11.4 Å². The Labute approximate surface area is 162 Å². The van der Waals surface area contributed by atoms with Gasteiger partial charge in [0.15, 0.2) is 5.82 Å². The second-order valence-corrected chi connectivity index (χ2v) is 8.67. The van der Waals surface area contributed by atoms with E-state index in [1.54, 1.807) is 24.3 Å². The number of benzene rings is 1. The standard InChI is InChI=1S/C16H19ClN4O3S2/c1-25-13-14(17)18-15(19-16(13)21-7-9-24-10-8-21)11-3-5-12(6-4-11)20-26(2,22)23/h3-6,20H,7-10H2,1-2H3. The minimum absolute atomic E-state index is 0.405. The molecule has 1 aromatic heterocycles. The number of aromatic nitrogens is 2. The molecule has 0 amide bonds. The predicted molar refractivity (Wildman–Crippen MR) is 106 cm³/mol. The highest BCUT2D eigenvalue weighted by atomic mass is 35.5. The molecule has 1 aromatic carbocycles. The van der Waals surface area contributed by atoms with Gasteiger partial charge >= 0.3 is 0 Å². The average molecular weight is 415 g/mol. The van der Waals surface area contributed by atoms with Crippen LogP contribution < -0.4 is 9.62 Å². The highest BCUT2D eigenvalue weighted by Gasteiger charge is 2.21. The summed E-state index contributed by atoms with van der Waals surface area (Å²) >= 11 is 7.91. The molecule has 0 unspecified atom stereocenters. The van der Waals surface area contributed by atoms with Crippen LogP contribution in [0.15, 0.2) is 29.2 Å². The van der Waals surface area contributed by atoms with E-state index in [9.17, 15) is 8.42 Å². The summed E-state index contributed by atoms with van der Waals surface area (Å²) in [6, 6.07) is 6.87. The summed E-state index contributed by atoms with van der Waals surface area (Å²) in [7, 11) is -3.32. The van der Waals surface area contributed by atoms with Crippen molar-refractivity contribution in [1.29, 1.82) is 0 Å². The molecule has 140 valence electrons. The molecule has 1 N–H and O–H groups in total. The maximum atomic E-state index is 11.3. The molecule has 0 bridgehead atoms. The molecule has 7 nitrogen and oxygen atoms in total. The van der Waals surface area contributed by atoms with Gasteiger partial charge < -0.3 is 9.64 Å². The minimum atomic E-state index is -3.32. The Hall–Kier alpha value is -1.55. The van der Waals surface area contributed by atoms with Crippen molar-refractivity contribution in [3.63, 3.8) is 0 Å². The van der Waals surface area contributed by atoms with Crippen LogP contribution >= 0.6 is 23.4 Å². The molecule has 1 aliphatic rings. The third-order valence-electron chi connectivity index (χ3n) is 3.77. The van der Waals surface area contributed by atoms with E-state index in [1.807, 2.05) is 6.26 Å². The van der Waals surface area contributed by atoms with Gasteiger partial charge in [0.2, 0.25) is 10.0 Å². The monoisotopic (exact) mass is 414 g/mol. The number of nitrogens with zero attached hydrogens (tertiary/aromatic N) is 3. The Morgan fingerprint density at radius 1 is 1.19 bits per heavy atom. The van der Waals surface area contributed by atoms with Crippen molar-refractivity contribution in [1.82, 2.24) is 9.97 Å². The zero-order chi connectivity index (χ0) is 18.7. The Kier molecular flexibility index (Phi) is 5.91. The van der Waals surface area contributed by atoms with Crippen LogP contribution in [0.2, 0.25) is 5.15 Å². The van der Waals surface area contributed by atoms with Crippen LogP contribution in [0, 0.1) is 0 Å². The number of morpholine rings is 1. The summed E-state index contributed by atoms with van der Waals surface area (Å²) in [6.45, 7) is 2.79. The Morgan fingerprint density at radius 3 is 2.42 bits per heavy atom. The van der Waals surface area contributed by atoms with E-state index in [0.717, 1.165) is 35.6 Å². The Bertz CT molecular complexity index is 885. The van der Waals surface area contributed by atoms with E-state index in [0.29, 0.717) is 29.9 Å². The third-order valence-corrected chi connectivity index (χ3v) is 5.54. The van der Waals surface area contributed by atoms with Gasteiger partial charge in [-0.1, -0.05) is 11.6 Å². The maximum Gasteiger partial charge on any atom is 0.229 e. The summed E-state index contributed by atoms with van der Waals surface area (Å²) in [5.74, 6) is 1.30. The van der Waals surface area contributed by atoms with Crippen molar-refractivity contribution >= 4 is 44.9 Å². The topological polar surface area (TPSA) is 84.4 Å². The summed E-state index contributed by atoms with van der Waals surface area (Å²) in [5, 5.41) is 0.405. The van der Waals surface area contributed by atoms with Gasteiger partial charge in [-0.2, -0.15) is 0 Å². The molecule has 1 saturated heterocycles. The molecule has 1 fully saturated rings. The molecular weight excluding hydrogens is 396 g/mol. The molecule has 2 heterocycles. The quantitative estimate of drug-likeness (QED) is 0.594. The van der Waals surface area contributed by atoms with Gasteiger partial charge in [0.05, 0.1) is 24.4 Å². The number of hydrogen-bond acceptors (Lipinski definition) is 7. The number of sulfonamides is 1. The molecule has 0 radical (unpaired) electrons. The summed E-state index contributed by atoms with van der Waals surface area (Å²) in [5.41, 5.74) is 1.24. The van der Waals surface area contributed by atoms with Gasteiger partial charge in [0.1, 0.15) is 11.0 Å². The molecule has 26 heavy (non-hydrogen) atoms.